The van der Waals surface area contributed by atoms with Crippen LogP contribution < -0.4 is 4.52 Å². The molecule has 0 heterocycles. The monoisotopic (exact) mass is 230 g/mol. The molecule has 0 unspecified atom stereocenters. The van der Waals surface area contributed by atoms with E-state index in [0.29, 0.717) is 12.8 Å². The van der Waals surface area contributed by atoms with Crippen LogP contribution in [0.4, 0.5) is 0 Å². The van der Waals surface area contributed by atoms with E-state index in [-0.39, 0.29) is 5.75 Å². The van der Waals surface area contributed by atoms with Crippen LogP contribution >= 0.6 is 7.82 Å². The number of hydrogen-bond donors (Lipinski definition) is 2. The summed E-state index contributed by atoms with van der Waals surface area (Å²) in [5.41, 5.74) is 0.799. The lowest BCUT2D eigenvalue weighted by molar-refractivity contribution is -0.107. The van der Waals surface area contributed by atoms with E-state index in [2.05, 4.69) is 4.52 Å². The molecule has 0 aliphatic rings. The highest BCUT2D eigenvalue weighted by molar-refractivity contribution is 7.46. The molecule has 1 aromatic rings. The van der Waals surface area contributed by atoms with Crippen molar-refractivity contribution in [2.75, 3.05) is 0 Å². The van der Waals surface area contributed by atoms with Gasteiger partial charge in [0.25, 0.3) is 0 Å². The topological polar surface area (TPSA) is 83.8 Å². The number of phosphoric ester groups is 1. The van der Waals surface area contributed by atoms with Gasteiger partial charge in [-0.05, 0) is 24.1 Å². The van der Waals surface area contributed by atoms with Crippen molar-refractivity contribution in [3.8, 4) is 5.75 Å². The van der Waals surface area contributed by atoms with Crippen molar-refractivity contribution in [3.63, 3.8) is 0 Å². The summed E-state index contributed by atoms with van der Waals surface area (Å²) in [5, 5.41) is 0. The lowest BCUT2D eigenvalue weighted by Crippen LogP contribution is -1.92. The molecule has 82 valence electrons. The second kappa shape index (κ2) is 5.07. The molecule has 0 aromatic heterocycles. The number of aldehydes is 1. The molecule has 0 spiro atoms. The summed E-state index contributed by atoms with van der Waals surface area (Å²) in [5.74, 6) is 0.103. The van der Waals surface area contributed by atoms with E-state index in [1.165, 1.54) is 12.1 Å². The first-order valence-corrected chi connectivity index (χ1v) is 5.82. The third-order valence-electron chi connectivity index (χ3n) is 1.67. The minimum absolute atomic E-state index is 0.103. The highest BCUT2D eigenvalue weighted by Gasteiger charge is 2.15. The number of carbonyl (C=O) groups excluding carboxylic acids is 1. The van der Waals surface area contributed by atoms with Crippen molar-refractivity contribution in [2.45, 2.75) is 12.8 Å². The van der Waals surface area contributed by atoms with Crippen molar-refractivity contribution in [1.29, 1.82) is 0 Å². The predicted octanol–water partition coefficient (Wildman–Crippen LogP) is 1.29. The maximum absolute atomic E-state index is 10.5. The first-order valence-electron chi connectivity index (χ1n) is 4.29. The molecule has 1 aromatic carbocycles. The number of phosphoric acid groups is 1. The van der Waals surface area contributed by atoms with Gasteiger partial charge in [0.15, 0.2) is 0 Å². The Labute approximate surface area is 86.9 Å². The van der Waals surface area contributed by atoms with Crippen LogP contribution in [0.5, 0.6) is 5.75 Å². The van der Waals surface area contributed by atoms with E-state index < -0.39 is 7.82 Å². The summed E-state index contributed by atoms with van der Waals surface area (Å²) >= 11 is 0. The van der Waals surface area contributed by atoms with E-state index >= 15 is 0 Å². The van der Waals surface area contributed by atoms with Gasteiger partial charge in [-0.15, -0.1) is 0 Å². The Hall–Kier alpha value is -1.16. The fourth-order valence-corrected chi connectivity index (χ4v) is 1.51. The molecule has 0 saturated carbocycles. The summed E-state index contributed by atoms with van der Waals surface area (Å²) in [6.45, 7) is 0. The predicted molar refractivity (Wildman–Crippen MR) is 53.5 cm³/mol. The average molecular weight is 230 g/mol. The van der Waals surface area contributed by atoms with E-state index in [4.69, 9.17) is 9.79 Å². The van der Waals surface area contributed by atoms with Crippen LogP contribution in [0.1, 0.15) is 12.0 Å². The number of carbonyl (C=O) groups is 1. The Bertz CT molecular complexity index is 384. The van der Waals surface area contributed by atoms with Gasteiger partial charge in [0.05, 0.1) is 0 Å². The summed E-state index contributed by atoms with van der Waals surface area (Å²) in [6.07, 6.45) is 1.69. The normalized spacial score (nSPS) is 11.1. The molecule has 0 aliphatic heterocycles. The third kappa shape index (κ3) is 4.74. The second-order valence-electron chi connectivity index (χ2n) is 2.93. The number of aryl methyl sites for hydroxylation is 1. The Morgan fingerprint density at radius 2 is 2.13 bits per heavy atom. The summed E-state index contributed by atoms with van der Waals surface area (Å²) in [4.78, 5) is 27.3. The van der Waals surface area contributed by atoms with Gasteiger partial charge in [0.2, 0.25) is 0 Å². The SMILES string of the molecule is O=CCCc1cccc(OP(=O)(O)O)c1. The maximum Gasteiger partial charge on any atom is 0.524 e. The molecule has 0 saturated heterocycles. The molecule has 1 rings (SSSR count). The van der Waals surface area contributed by atoms with Gasteiger partial charge in [0.1, 0.15) is 12.0 Å². The van der Waals surface area contributed by atoms with Gasteiger partial charge in [-0.3, -0.25) is 9.79 Å². The quantitative estimate of drug-likeness (QED) is 0.588. The molecule has 2 N–H and O–H groups in total. The Kier molecular flexibility index (Phi) is 4.03. The maximum atomic E-state index is 10.5. The molecule has 5 nitrogen and oxygen atoms in total. The molecule has 15 heavy (non-hydrogen) atoms. The average Bonchev–Trinajstić information content (AvgIpc) is 2.12. The standard InChI is InChI=1S/C9H11O5P/c10-6-2-4-8-3-1-5-9(7-8)14-15(11,12)13/h1,3,5-7H,2,4H2,(H2,11,12,13). The summed E-state index contributed by atoms with van der Waals surface area (Å²) < 4.78 is 14.9. The van der Waals surface area contributed by atoms with Crippen molar-refractivity contribution in [1.82, 2.24) is 0 Å². The van der Waals surface area contributed by atoms with Gasteiger partial charge in [-0.25, -0.2) is 4.57 Å². The Morgan fingerprint density at radius 3 is 2.73 bits per heavy atom. The van der Waals surface area contributed by atoms with Crippen LogP contribution in [0.3, 0.4) is 0 Å². The minimum atomic E-state index is -4.50. The van der Waals surface area contributed by atoms with Crippen molar-refractivity contribution in [3.05, 3.63) is 29.8 Å². The van der Waals surface area contributed by atoms with Gasteiger partial charge < -0.3 is 9.32 Å². The van der Waals surface area contributed by atoms with Gasteiger partial charge in [-0.1, -0.05) is 12.1 Å². The molecule has 0 radical (unpaired) electrons. The number of benzene rings is 1. The fraction of sp³-hybridized carbons (Fsp3) is 0.222. The van der Waals surface area contributed by atoms with Crippen molar-refractivity contribution >= 4 is 14.1 Å². The molecule has 0 atom stereocenters. The number of rotatable bonds is 5. The lowest BCUT2D eigenvalue weighted by Gasteiger charge is -2.07. The summed E-state index contributed by atoms with van der Waals surface area (Å²) in [7, 11) is -4.50. The Balaban J connectivity index is 2.74. The van der Waals surface area contributed by atoms with Crippen molar-refractivity contribution < 1.29 is 23.7 Å². The minimum Gasteiger partial charge on any atom is -0.404 e. The first kappa shape index (κ1) is 11.9. The highest BCUT2D eigenvalue weighted by atomic mass is 31.2. The molecule has 0 amide bonds. The molecular weight excluding hydrogens is 219 g/mol. The zero-order valence-electron chi connectivity index (χ0n) is 7.87. The zero-order valence-corrected chi connectivity index (χ0v) is 8.76. The molecular formula is C9H11O5P. The third-order valence-corrected chi connectivity index (χ3v) is 2.12. The van der Waals surface area contributed by atoms with Crippen LogP contribution in [0.25, 0.3) is 0 Å². The lowest BCUT2D eigenvalue weighted by atomic mass is 10.1. The van der Waals surface area contributed by atoms with Crippen LogP contribution in [-0.2, 0) is 15.8 Å². The zero-order chi connectivity index (χ0) is 11.3. The van der Waals surface area contributed by atoms with E-state index in [1.54, 1.807) is 12.1 Å². The van der Waals surface area contributed by atoms with Crippen LogP contribution in [0.15, 0.2) is 24.3 Å². The number of hydrogen-bond acceptors (Lipinski definition) is 3. The van der Waals surface area contributed by atoms with E-state index in [9.17, 15) is 9.36 Å². The van der Waals surface area contributed by atoms with Crippen molar-refractivity contribution in [2.24, 2.45) is 0 Å². The smallest absolute Gasteiger partial charge is 0.404 e. The highest BCUT2D eigenvalue weighted by Crippen LogP contribution is 2.37. The van der Waals surface area contributed by atoms with Gasteiger partial charge >= 0.3 is 7.82 Å². The molecule has 0 fully saturated rings. The van der Waals surface area contributed by atoms with E-state index in [0.717, 1.165) is 11.8 Å². The summed E-state index contributed by atoms with van der Waals surface area (Å²) in [6, 6.07) is 6.33. The van der Waals surface area contributed by atoms with Gasteiger partial charge in [-0.2, -0.15) is 0 Å². The Morgan fingerprint density at radius 1 is 1.40 bits per heavy atom. The molecule has 0 bridgehead atoms. The fourth-order valence-electron chi connectivity index (χ4n) is 1.12. The largest absolute Gasteiger partial charge is 0.524 e. The first-order chi connectivity index (χ1) is 7.01. The van der Waals surface area contributed by atoms with Crippen LogP contribution in [0.2, 0.25) is 0 Å². The van der Waals surface area contributed by atoms with Crippen LogP contribution in [0, 0.1) is 0 Å². The van der Waals surface area contributed by atoms with E-state index in [1.807, 2.05) is 0 Å². The second-order valence-corrected chi connectivity index (χ2v) is 4.10. The molecule has 6 heteroatoms. The van der Waals surface area contributed by atoms with Gasteiger partial charge in [0, 0.05) is 6.42 Å². The van der Waals surface area contributed by atoms with Crippen LogP contribution in [-0.4, -0.2) is 16.1 Å². The molecule has 0 aliphatic carbocycles.